The molecule has 0 heterocycles. The molecule has 0 aliphatic heterocycles. The maximum Gasteiger partial charge on any atom is 0.268 e. The quantitative estimate of drug-likeness (QED) is 0.0280. The van der Waals surface area contributed by atoms with Gasteiger partial charge in [0.1, 0.15) is 13.2 Å². The number of allylic oxidation sites excluding steroid dienone is 19. The van der Waals surface area contributed by atoms with Crippen molar-refractivity contribution in [3.63, 3.8) is 0 Å². The zero-order valence-electron chi connectivity index (χ0n) is 36.9. The van der Waals surface area contributed by atoms with Crippen LogP contribution in [0.5, 0.6) is 0 Å². The number of aliphatic hydroxyl groups is 1. The van der Waals surface area contributed by atoms with Gasteiger partial charge < -0.3 is 28.8 Å². The van der Waals surface area contributed by atoms with E-state index in [1.807, 2.05) is 27.2 Å². The smallest absolute Gasteiger partial charge is 0.268 e. The fraction of sp³-hybridized carbons (Fsp3) is 0.571. The number of hydrogen-bond acceptors (Lipinski definition) is 6. The first-order valence-electron chi connectivity index (χ1n) is 21.9. The fourth-order valence-corrected chi connectivity index (χ4v) is 5.89. The molecular weight excluding hydrogens is 744 g/mol. The number of carbonyl (C=O) groups excluding carboxylic acids is 1. The zero-order chi connectivity index (χ0) is 42.8. The molecule has 0 aliphatic carbocycles. The van der Waals surface area contributed by atoms with E-state index in [1.54, 1.807) is 6.08 Å². The highest BCUT2D eigenvalue weighted by molar-refractivity contribution is 7.45. The van der Waals surface area contributed by atoms with Crippen molar-refractivity contribution in [3.8, 4) is 0 Å². The third kappa shape index (κ3) is 41.1. The molecule has 0 spiro atoms. The Morgan fingerprint density at radius 3 is 1.53 bits per heavy atom. The van der Waals surface area contributed by atoms with Gasteiger partial charge in [0.25, 0.3) is 7.82 Å². The summed E-state index contributed by atoms with van der Waals surface area (Å²) >= 11 is 0. The molecule has 0 aromatic rings. The van der Waals surface area contributed by atoms with Gasteiger partial charge in [0.2, 0.25) is 5.91 Å². The lowest BCUT2D eigenvalue weighted by atomic mass is 10.1. The SMILES string of the molecule is CC/C=C\C/C=C\C/C=C\C/C=C\C/C=C\C/C=C\C/C=C\CCCC(=O)NC(COP(=O)([O-])OCC[N+](C)(C)C)C(O)/C=C/CC/C=C/CC/C=C/CCCCC. The van der Waals surface area contributed by atoms with Crippen LogP contribution < -0.4 is 10.2 Å². The number of amides is 1. The van der Waals surface area contributed by atoms with Crippen LogP contribution in [0.1, 0.15) is 129 Å². The summed E-state index contributed by atoms with van der Waals surface area (Å²) in [4.78, 5) is 25.3. The van der Waals surface area contributed by atoms with Crippen molar-refractivity contribution in [3.05, 3.63) is 122 Å². The first-order valence-corrected chi connectivity index (χ1v) is 23.4. The molecule has 0 aromatic heterocycles. The summed E-state index contributed by atoms with van der Waals surface area (Å²) in [7, 11) is 1.17. The number of rotatable bonds is 37. The predicted octanol–water partition coefficient (Wildman–Crippen LogP) is 11.7. The highest BCUT2D eigenvalue weighted by Crippen LogP contribution is 2.38. The van der Waals surface area contributed by atoms with Gasteiger partial charge >= 0.3 is 0 Å². The highest BCUT2D eigenvalue weighted by atomic mass is 31.2. The molecule has 0 fully saturated rings. The van der Waals surface area contributed by atoms with Crippen LogP contribution in [0, 0.1) is 0 Å². The van der Waals surface area contributed by atoms with Gasteiger partial charge in [0.15, 0.2) is 0 Å². The van der Waals surface area contributed by atoms with Crippen LogP contribution in [-0.4, -0.2) is 68.5 Å². The predicted molar refractivity (Wildman–Crippen MR) is 246 cm³/mol. The van der Waals surface area contributed by atoms with E-state index in [-0.39, 0.29) is 18.9 Å². The molecule has 2 N–H and O–H groups in total. The van der Waals surface area contributed by atoms with Gasteiger partial charge in [-0.25, -0.2) is 0 Å². The summed E-state index contributed by atoms with van der Waals surface area (Å²) in [5.41, 5.74) is 0. The Morgan fingerprint density at radius 2 is 1.05 bits per heavy atom. The normalized spacial score (nSPS) is 15.5. The van der Waals surface area contributed by atoms with E-state index in [4.69, 9.17) is 9.05 Å². The molecule has 9 heteroatoms. The number of phosphoric acid groups is 1. The minimum absolute atomic E-state index is 0.0276. The number of nitrogens with zero attached hydrogens (tertiary/aromatic N) is 1. The molecule has 328 valence electrons. The van der Waals surface area contributed by atoms with Crippen LogP contribution in [0.25, 0.3) is 0 Å². The third-order valence-corrected chi connectivity index (χ3v) is 9.60. The van der Waals surface area contributed by atoms with Gasteiger partial charge in [-0.05, 0) is 96.3 Å². The largest absolute Gasteiger partial charge is 0.756 e. The van der Waals surface area contributed by atoms with Gasteiger partial charge in [0, 0.05) is 6.42 Å². The van der Waals surface area contributed by atoms with Gasteiger partial charge in [-0.1, -0.05) is 148 Å². The Kier molecular flexibility index (Phi) is 37.3. The van der Waals surface area contributed by atoms with Crippen LogP contribution in [0.4, 0.5) is 0 Å². The van der Waals surface area contributed by atoms with Crippen molar-refractivity contribution in [1.82, 2.24) is 5.32 Å². The lowest BCUT2D eigenvalue weighted by molar-refractivity contribution is -0.870. The van der Waals surface area contributed by atoms with E-state index < -0.39 is 26.6 Å². The first kappa shape index (κ1) is 54.9. The monoisotopic (exact) mass is 825 g/mol. The Labute approximate surface area is 354 Å². The summed E-state index contributed by atoms with van der Waals surface area (Å²) in [5, 5.41) is 13.7. The van der Waals surface area contributed by atoms with Gasteiger partial charge in [-0.2, -0.15) is 0 Å². The molecule has 3 atom stereocenters. The molecule has 0 bridgehead atoms. The second kappa shape index (κ2) is 39.4. The maximum absolute atomic E-state index is 12.8. The van der Waals surface area contributed by atoms with Gasteiger partial charge in [0.05, 0.1) is 39.9 Å². The van der Waals surface area contributed by atoms with Crippen molar-refractivity contribution in [2.45, 2.75) is 142 Å². The number of nitrogens with one attached hydrogen (secondary N) is 1. The number of hydrogen-bond donors (Lipinski definition) is 2. The molecule has 8 nitrogen and oxygen atoms in total. The molecule has 0 saturated carbocycles. The summed E-state index contributed by atoms with van der Waals surface area (Å²) in [5.74, 6) is -0.277. The molecule has 0 rings (SSSR count). The van der Waals surface area contributed by atoms with E-state index in [2.05, 4.69) is 129 Å². The lowest BCUT2D eigenvalue weighted by Gasteiger charge is -2.29. The van der Waals surface area contributed by atoms with Crippen molar-refractivity contribution >= 4 is 13.7 Å². The summed E-state index contributed by atoms with van der Waals surface area (Å²) in [6.45, 7) is 4.38. The van der Waals surface area contributed by atoms with Crippen LogP contribution in [0.15, 0.2) is 122 Å². The Bertz CT molecular complexity index is 1350. The van der Waals surface area contributed by atoms with E-state index >= 15 is 0 Å². The van der Waals surface area contributed by atoms with Crippen LogP contribution in [-0.2, 0) is 18.4 Å². The average Bonchev–Trinajstić information content (AvgIpc) is 3.17. The van der Waals surface area contributed by atoms with Crippen molar-refractivity contribution in [1.29, 1.82) is 0 Å². The number of quaternary nitrogens is 1. The first-order chi connectivity index (χ1) is 28.0. The third-order valence-electron chi connectivity index (χ3n) is 8.63. The molecule has 58 heavy (non-hydrogen) atoms. The maximum atomic E-state index is 12.8. The molecular formula is C49H81N2O6P. The number of carbonyl (C=O) groups is 1. The van der Waals surface area contributed by atoms with E-state index in [0.29, 0.717) is 23.9 Å². The van der Waals surface area contributed by atoms with Crippen LogP contribution in [0.2, 0.25) is 0 Å². The second-order valence-electron chi connectivity index (χ2n) is 15.3. The second-order valence-corrected chi connectivity index (χ2v) is 16.7. The summed E-state index contributed by atoms with van der Waals surface area (Å²) in [6.07, 6.45) is 58.3. The standard InChI is InChI=1S/C49H81N2O6P/c1-6-8-10-12-14-16-18-20-21-22-23-24-25-26-27-28-29-31-33-35-37-39-41-43-49(53)50-47(46-57-58(54,55)56-45-44-51(3,4)5)48(52)42-40-38-36-34-32-30-19-17-15-13-11-9-7-2/h8,10,14-17,20-21,23-24,26-27,29,31-32,34-35,37,40,42,47-48,52H,6-7,9,11-13,18-19,22,25,28,30,33,36,38-39,41,43-46H2,1-5H3,(H-,50,53,54,55)/b10-8-,16-14-,17-15+,21-20-,24-23-,27-26-,31-29-,34-32+,37-35-,42-40+. The van der Waals surface area contributed by atoms with Crippen molar-refractivity contribution in [2.75, 3.05) is 40.9 Å². The number of unbranched alkanes of at least 4 members (excludes halogenated alkanes) is 6. The zero-order valence-corrected chi connectivity index (χ0v) is 37.8. The summed E-state index contributed by atoms with van der Waals surface area (Å²) in [6, 6.07) is -0.948. The molecule has 1 amide bonds. The Hall–Kier alpha value is -3.10. The Balaban J connectivity index is 4.60. The average molecular weight is 825 g/mol. The summed E-state index contributed by atoms with van der Waals surface area (Å²) < 4.78 is 23.1. The van der Waals surface area contributed by atoms with E-state index in [1.165, 1.54) is 19.3 Å². The van der Waals surface area contributed by atoms with Crippen LogP contribution in [0.3, 0.4) is 0 Å². The molecule has 3 unspecified atom stereocenters. The molecule has 0 aromatic carbocycles. The number of phosphoric ester groups is 1. The van der Waals surface area contributed by atoms with E-state index in [9.17, 15) is 19.4 Å². The fourth-order valence-electron chi connectivity index (χ4n) is 5.17. The molecule has 0 saturated heterocycles. The lowest BCUT2D eigenvalue weighted by Crippen LogP contribution is -2.45. The van der Waals surface area contributed by atoms with Crippen LogP contribution >= 0.6 is 7.82 Å². The highest BCUT2D eigenvalue weighted by Gasteiger charge is 2.23. The van der Waals surface area contributed by atoms with E-state index in [0.717, 1.165) is 77.0 Å². The number of likely N-dealkylation sites (N-methyl/N-ethyl adjacent to an activating group) is 1. The Morgan fingerprint density at radius 1 is 0.621 bits per heavy atom. The van der Waals surface area contributed by atoms with Crippen molar-refractivity contribution in [2.24, 2.45) is 0 Å². The van der Waals surface area contributed by atoms with Crippen molar-refractivity contribution < 1.29 is 32.9 Å². The van der Waals surface area contributed by atoms with Gasteiger partial charge in [-0.15, -0.1) is 0 Å². The topological polar surface area (TPSA) is 108 Å². The molecule has 0 radical (unpaired) electrons. The molecule has 0 aliphatic rings. The van der Waals surface area contributed by atoms with Gasteiger partial charge in [-0.3, -0.25) is 9.36 Å². The number of aliphatic hydroxyl groups excluding tert-OH is 1. The minimum Gasteiger partial charge on any atom is -0.756 e. The minimum atomic E-state index is -4.62.